The number of piperidine rings is 2. The fourth-order valence-electron chi connectivity index (χ4n) is 5.36. The lowest BCUT2D eigenvalue weighted by Gasteiger charge is -2.37. The number of imidazole rings is 1. The molecule has 1 N–H and O–H groups in total. The molecule has 0 radical (unpaired) electrons. The van der Waals surface area contributed by atoms with Crippen molar-refractivity contribution in [2.45, 2.75) is 45.6 Å². The van der Waals surface area contributed by atoms with E-state index in [1.807, 2.05) is 0 Å². The number of nitrogens with one attached hydrogen (secondary N) is 1. The number of carbonyl (C=O) groups is 1. The Morgan fingerprint density at radius 2 is 1.75 bits per heavy atom. The number of amides is 1. The third kappa shape index (κ3) is 4.88. The van der Waals surface area contributed by atoms with Gasteiger partial charge in [-0.25, -0.2) is 4.98 Å². The molecule has 0 aliphatic carbocycles. The molecule has 2 aliphatic heterocycles. The number of hydrogen-bond acceptors (Lipinski definition) is 3. The van der Waals surface area contributed by atoms with E-state index in [4.69, 9.17) is 4.98 Å². The maximum Gasteiger partial charge on any atom is 0.225 e. The summed E-state index contributed by atoms with van der Waals surface area (Å²) in [5.74, 6) is 2.31. The molecular formula is C27H34N4O. The van der Waals surface area contributed by atoms with Crippen LogP contribution in [0.5, 0.6) is 0 Å². The van der Waals surface area contributed by atoms with Gasteiger partial charge in [0.15, 0.2) is 0 Å². The standard InChI is InChI=1S/C27H34N4O/c1-20-7-8-24-25(17-20)29-26(28-24)19-30-13-11-23(12-14-30)27(32)31-15-9-22(10-16-31)18-21-5-3-2-4-6-21/h2-8,17,22-23H,9-16,18-19H2,1H3,(H,28,29). The van der Waals surface area contributed by atoms with Crippen LogP contribution in [-0.4, -0.2) is 51.9 Å². The topological polar surface area (TPSA) is 52.2 Å². The zero-order valence-electron chi connectivity index (χ0n) is 19.1. The molecule has 5 rings (SSSR count). The number of rotatable bonds is 5. The molecule has 5 heteroatoms. The number of hydrogen-bond donors (Lipinski definition) is 1. The van der Waals surface area contributed by atoms with Crippen molar-refractivity contribution in [3.63, 3.8) is 0 Å². The fourth-order valence-corrected chi connectivity index (χ4v) is 5.36. The van der Waals surface area contributed by atoms with Crippen LogP contribution in [0.25, 0.3) is 11.0 Å². The van der Waals surface area contributed by atoms with Gasteiger partial charge >= 0.3 is 0 Å². The smallest absolute Gasteiger partial charge is 0.225 e. The summed E-state index contributed by atoms with van der Waals surface area (Å²) in [5.41, 5.74) is 4.81. The summed E-state index contributed by atoms with van der Waals surface area (Å²) < 4.78 is 0. The molecule has 2 saturated heterocycles. The van der Waals surface area contributed by atoms with Gasteiger partial charge in [-0.1, -0.05) is 36.4 Å². The van der Waals surface area contributed by atoms with Crippen molar-refractivity contribution in [2.75, 3.05) is 26.2 Å². The number of carbonyl (C=O) groups excluding carboxylic acids is 1. The SMILES string of the molecule is Cc1ccc2nc(CN3CCC(C(=O)N4CCC(Cc5ccccc5)CC4)CC3)[nH]c2c1. The minimum atomic E-state index is 0.190. The van der Waals surface area contributed by atoms with Crippen LogP contribution >= 0.6 is 0 Å². The lowest BCUT2D eigenvalue weighted by molar-refractivity contribution is -0.138. The fraction of sp³-hybridized carbons (Fsp3) is 0.481. The second kappa shape index (κ2) is 9.45. The maximum atomic E-state index is 13.1. The highest BCUT2D eigenvalue weighted by molar-refractivity contribution is 5.79. The zero-order chi connectivity index (χ0) is 21.9. The first-order chi connectivity index (χ1) is 15.6. The van der Waals surface area contributed by atoms with E-state index in [0.717, 1.165) is 81.7 Å². The van der Waals surface area contributed by atoms with Gasteiger partial charge in [0.25, 0.3) is 0 Å². The highest BCUT2D eigenvalue weighted by Crippen LogP contribution is 2.26. The molecule has 0 spiro atoms. The molecule has 0 bridgehead atoms. The molecule has 2 fully saturated rings. The summed E-state index contributed by atoms with van der Waals surface area (Å²) in [5, 5.41) is 0. The van der Waals surface area contributed by atoms with E-state index in [9.17, 15) is 4.79 Å². The second-order valence-electron chi connectivity index (χ2n) is 9.71. The van der Waals surface area contributed by atoms with Crippen LogP contribution < -0.4 is 0 Å². The Morgan fingerprint density at radius 1 is 1.00 bits per heavy atom. The Morgan fingerprint density at radius 3 is 2.50 bits per heavy atom. The summed E-state index contributed by atoms with van der Waals surface area (Å²) >= 11 is 0. The third-order valence-corrected chi connectivity index (χ3v) is 7.29. The van der Waals surface area contributed by atoms with E-state index >= 15 is 0 Å². The highest BCUT2D eigenvalue weighted by Gasteiger charge is 2.31. The summed E-state index contributed by atoms with van der Waals surface area (Å²) in [6.07, 6.45) is 5.32. The Kier molecular flexibility index (Phi) is 6.26. The molecule has 168 valence electrons. The van der Waals surface area contributed by atoms with E-state index < -0.39 is 0 Å². The van der Waals surface area contributed by atoms with Crippen molar-refractivity contribution in [1.29, 1.82) is 0 Å². The molecule has 3 heterocycles. The number of aromatic nitrogens is 2. The van der Waals surface area contributed by atoms with E-state index in [-0.39, 0.29) is 5.92 Å². The van der Waals surface area contributed by atoms with Crippen molar-refractivity contribution in [3.8, 4) is 0 Å². The average molecular weight is 431 g/mol. The quantitative estimate of drug-likeness (QED) is 0.645. The molecule has 0 atom stereocenters. The number of fused-ring (bicyclic) bond motifs is 1. The van der Waals surface area contributed by atoms with Crippen molar-refractivity contribution >= 4 is 16.9 Å². The Bertz CT molecular complexity index is 1040. The van der Waals surface area contributed by atoms with Crippen LogP contribution in [0.3, 0.4) is 0 Å². The first-order valence-corrected chi connectivity index (χ1v) is 12.1. The third-order valence-electron chi connectivity index (χ3n) is 7.29. The van der Waals surface area contributed by atoms with E-state index in [1.54, 1.807) is 0 Å². The van der Waals surface area contributed by atoms with Crippen LogP contribution in [0.2, 0.25) is 0 Å². The number of aryl methyl sites for hydroxylation is 1. The molecule has 1 aromatic heterocycles. The van der Waals surface area contributed by atoms with Crippen molar-refractivity contribution in [1.82, 2.24) is 19.8 Å². The van der Waals surface area contributed by atoms with Gasteiger partial charge in [0, 0.05) is 19.0 Å². The lowest BCUT2D eigenvalue weighted by atomic mass is 9.88. The van der Waals surface area contributed by atoms with Gasteiger partial charge in [-0.2, -0.15) is 0 Å². The second-order valence-corrected chi connectivity index (χ2v) is 9.71. The van der Waals surface area contributed by atoms with Crippen molar-refractivity contribution in [2.24, 2.45) is 11.8 Å². The zero-order valence-corrected chi connectivity index (χ0v) is 19.1. The Hall–Kier alpha value is -2.66. The molecule has 32 heavy (non-hydrogen) atoms. The molecule has 1 amide bonds. The minimum absolute atomic E-state index is 0.190. The van der Waals surface area contributed by atoms with Gasteiger partial charge in [0.2, 0.25) is 5.91 Å². The number of nitrogens with zero attached hydrogens (tertiary/aromatic N) is 3. The van der Waals surface area contributed by atoms with Crippen molar-refractivity contribution in [3.05, 3.63) is 65.5 Å². The lowest BCUT2D eigenvalue weighted by Crippen LogP contribution is -2.45. The molecule has 0 unspecified atom stereocenters. The number of benzene rings is 2. The number of aromatic amines is 1. The van der Waals surface area contributed by atoms with Crippen LogP contribution in [0.15, 0.2) is 48.5 Å². The maximum absolute atomic E-state index is 13.1. The van der Waals surface area contributed by atoms with Gasteiger partial charge in [0.1, 0.15) is 5.82 Å². The van der Waals surface area contributed by atoms with Gasteiger partial charge in [-0.3, -0.25) is 9.69 Å². The summed E-state index contributed by atoms with van der Waals surface area (Å²) in [7, 11) is 0. The molecular weight excluding hydrogens is 396 g/mol. The van der Waals surface area contributed by atoms with Crippen LogP contribution in [0.1, 0.15) is 42.6 Å². The van der Waals surface area contributed by atoms with E-state index in [1.165, 1.54) is 11.1 Å². The predicted molar refractivity (Wildman–Crippen MR) is 128 cm³/mol. The van der Waals surface area contributed by atoms with E-state index in [2.05, 4.69) is 70.2 Å². The van der Waals surface area contributed by atoms with E-state index in [0.29, 0.717) is 11.8 Å². The number of likely N-dealkylation sites (tertiary alicyclic amines) is 2. The summed E-state index contributed by atoms with van der Waals surface area (Å²) in [6, 6.07) is 17.1. The molecule has 5 nitrogen and oxygen atoms in total. The highest BCUT2D eigenvalue weighted by atomic mass is 16.2. The van der Waals surface area contributed by atoms with Crippen LogP contribution in [0.4, 0.5) is 0 Å². The van der Waals surface area contributed by atoms with Gasteiger partial charge in [-0.15, -0.1) is 0 Å². The molecule has 2 aliphatic rings. The van der Waals surface area contributed by atoms with Crippen LogP contribution in [-0.2, 0) is 17.8 Å². The van der Waals surface area contributed by atoms with Gasteiger partial charge in [-0.05, 0) is 81.3 Å². The summed E-state index contributed by atoms with van der Waals surface area (Å²) in [4.78, 5) is 25.9. The van der Waals surface area contributed by atoms with Gasteiger partial charge in [0.05, 0.1) is 17.6 Å². The Balaban J connectivity index is 1.08. The molecule has 2 aromatic carbocycles. The average Bonchev–Trinajstić information content (AvgIpc) is 3.21. The normalized spacial score (nSPS) is 19.0. The predicted octanol–water partition coefficient (Wildman–Crippen LogP) is 4.56. The van der Waals surface area contributed by atoms with Gasteiger partial charge < -0.3 is 9.88 Å². The summed E-state index contributed by atoms with van der Waals surface area (Å²) in [6.45, 7) is 6.73. The van der Waals surface area contributed by atoms with Crippen LogP contribution in [0, 0.1) is 18.8 Å². The Labute approximate surface area is 190 Å². The molecule has 3 aromatic rings. The number of H-pyrrole nitrogens is 1. The first kappa shape index (κ1) is 21.2. The monoisotopic (exact) mass is 430 g/mol. The minimum Gasteiger partial charge on any atom is -0.342 e. The van der Waals surface area contributed by atoms with Crippen molar-refractivity contribution < 1.29 is 4.79 Å². The molecule has 0 saturated carbocycles. The largest absolute Gasteiger partial charge is 0.342 e. The first-order valence-electron chi connectivity index (χ1n) is 12.1.